The average molecular weight is 347 g/mol. The van der Waals surface area contributed by atoms with E-state index in [1.54, 1.807) is 14.5 Å². The number of hydrogen-bond donors (Lipinski definition) is 0. The maximum absolute atomic E-state index is 12.5. The van der Waals surface area contributed by atoms with Crippen molar-refractivity contribution in [1.82, 2.24) is 24.5 Å². The van der Waals surface area contributed by atoms with Crippen molar-refractivity contribution in [2.75, 3.05) is 46.8 Å². The minimum absolute atomic E-state index is 0.0159. The number of aromatic nitrogens is 2. The number of likely N-dealkylation sites (N-methyl/N-ethyl adjacent to an activating group) is 1. The minimum Gasteiger partial charge on any atom is -0.344 e. The lowest BCUT2D eigenvalue weighted by molar-refractivity contribution is -0.137. The second kappa shape index (κ2) is 7.15. The highest BCUT2D eigenvalue weighted by molar-refractivity contribution is 5.86. The summed E-state index contributed by atoms with van der Waals surface area (Å²) in [7, 11) is 5.82. The summed E-state index contributed by atoms with van der Waals surface area (Å²) in [6, 6.07) is 0. The Labute approximate surface area is 149 Å². The number of carbonyl (C=O) groups excluding carboxylic acids is 2. The smallest absolute Gasteiger partial charge is 0.241 e. The molecule has 2 saturated heterocycles. The van der Waals surface area contributed by atoms with Gasteiger partial charge in [-0.15, -0.1) is 0 Å². The molecule has 1 spiro atoms. The van der Waals surface area contributed by atoms with Crippen LogP contribution in [0.1, 0.15) is 24.8 Å². The van der Waals surface area contributed by atoms with E-state index in [-0.39, 0.29) is 23.8 Å². The van der Waals surface area contributed by atoms with E-state index in [1.807, 2.05) is 26.5 Å². The molecule has 0 N–H and O–H groups in total. The van der Waals surface area contributed by atoms with Crippen molar-refractivity contribution in [2.45, 2.75) is 25.7 Å². The molecule has 3 heterocycles. The lowest BCUT2D eigenvalue weighted by Crippen LogP contribution is -2.42. The molecule has 1 aromatic rings. The van der Waals surface area contributed by atoms with Crippen molar-refractivity contribution < 1.29 is 9.59 Å². The number of hydrogen-bond acceptors (Lipinski definition) is 4. The Kier molecular flexibility index (Phi) is 5.13. The summed E-state index contributed by atoms with van der Waals surface area (Å²) in [6.45, 7) is 3.67. The van der Waals surface area contributed by atoms with Gasteiger partial charge in [-0.1, -0.05) is 0 Å². The number of nitrogens with zero attached hydrogens (tertiary/aromatic N) is 5. The third-order valence-corrected chi connectivity index (χ3v) is 5.70. The van der Waals surface area contributed by atoms with Gasteiger partial charge in [-0.25, -0.2) is 0 Å². The molecule has 0 radical (unpaired) electrons. The number of rotatable bonds is 5. The van der Waals surface area contributed by atoms with Crippen LogP contribution < -0.4 is 0 Å². The van der Waals surface area contributed by atoms with Crippen molar-refractivity contribution in [1.29, 1.82) is 0 Å². The van der Waals surface area contributed by atoms with Crippen LogP contribution in [0, 0.1) is 5.41 Å². The molecule has 25 heavy (non-hydrogen) atoms. The largest absolute Gasteiger partial charge is 0.344 e. The molecule has 0 bridgehead atoms. The summed E-state index contributed by atoms with van der Waals surface area (Å²) in [5.41, 5.74) is 1.21. The molecular formula is C18H29N5O2. The first-order valence-corrected chi connectivity index (χ1v) is 9.05. The van der Waals surface area contributed by atoms with Gasteiger partial charge in [-0.3, -0.25) is 14.3 Å². The van der Waals surface area contributed by atoms with Gasteiger partial charge in [-0.05, 0) is 50.4 Å². The molecular weight excluding hydrogens is 318 g/mol. The highest BCUT2D eigenvalue weighted by atomic mass is 16.2. The van der Waals surface area contributed by atoms with Gasteiger partial charge in [0.25, 0.3) is 0 Å². The molecule has 1 aromatic heterocycles. The lowest BCUT2D eigenvalue weighted by Gasteiger charge is -2.37. The van der Waals surface area contributed by atoms with Crippen LogP contribution >= 0.6 is 0 Å². The van der Waals surface area contributed by atoms with E-state index in [2.05, 4.69) is 17.0 Å². The van der Waals surface area contributed by atoms with Crippen LogP contribution in [0.2, 0.25) is 0 Å². The van der Waals surface area contributed by atoms with Gasteiger partial charge in [0.15, 0.2) is 0 Å². The minimum atomic E-state index is 0.0159. The van der Waals surface area contributed by atoms with Crippen LogP contribution in [-0.2, 0) is 23.1 Å². The van der Waals surface area contributed by atoms with Crippen molar-refractivity contribution >= 4 is 11.8 Å². The van der Waals surface area contributed by atoms with Gasteiger partial charge in [0.2, 0.25) is 11.8 Å². The third kappa shape index (κ3) is 4.21. The Bertz CT molecular complexity index is 633. The zero-order valence-electron chi connectivity index (χ0n) is 15.6. The van der Waals surface area contributed by atoms with Crippen LogP contribution in [0.15, 0.2) is 12.4 Å². The zero-order valence-corrected chi connectivity index (χ0v) is 15.6. The maximum atomic E-state index is 12.5. The van der Waals surface area contributed by atoms with E-state index in [0.29, 0.717) is 13.0 Å². The fourth-order valence-electron chi connectivity index (χ4n) is 3.86. The lowest BCUT2D eigenvalue weighted by atomic mass is 9.78. The van der Waals surface area contributed by atoms with E-state index < -0.39 is 0 Å². The topological polar surface area (TPSA) is 61.7 Å². The Morgan fingerprint density at radius 3 is 2.68 bits per heavy atom. The molecule has 2 aliphatic heterocycles. The van der Waals surface area contributed by atoms with E-state index in [0.717, 1.165) is 44.5 Å². The molecule has 0 unspecified atom stereocenters. The van der Waals surface area contributed by atoms with Gasteiger partial charge < -0.3 is 14.7 Å². The molecule has 7 heteroatoms. The average Bonchev–Trinajstić information content (AvgIpc) is 3.12. The van der Waals surface area contributed by atoms with E-state index in [4.69, 9.17) is 0 Å². The van der Waals surface area contributed by atoms with Crippen molar-refractivity contribution in [3.63, 3.8) is 0 Å². The summed E-state index contributed by atoms with van der Waals surface area (Å²) in [5.74, 6) is 0.154. The quantitative estimate of drug-likeness (QED) is 0.772. The maximum Gasteiger partial charge on any atom is 0.241 e. The second-order valence-corrected chi connectivity index (χ2v) is 7.82. The molecule has 0 aliphatic carbocycles. The van der Waals surface area contributed by atoms with Crippen molar-refractivity contribution in [3.8, 4) is 0 Å². The summed E-state index contributed by atoms with van der Waals surface area (Å²) < 4.78 is 1.76. The van der Waals surface area contributed by atoms with Crippen molar-refractivity contribution in [2.24, 2.45) is 12.5 Å². The molecule has 0 aromatic carbocycles. The standard InChI is InChI=1S/C18H29N5O2/c1-20-8-5-18(6-9-20)10-16(24)23(14-18)13-17(25)21(2)7-4-15-11-19-22(3)12-15/h11-12H,4-10,13-14H2,1-3H3. The molecule has 3 rings (SSSR count). The number of carbonyl (C=O) groups is 2. The SMILES string of the molecule is CN1CCC2(CC1)CC(=O)N(CC(=O)N(C)CCc1cnn(C)c1)C2. The number of aryl methyl sites for hydroxylation is 1. The Morgan fingerprint density at radius 1 is 1.32 bits per heavy atom. The highest BCUT2D eigenvalue weighted by Gasteiger charge is 2.44. The third-order valence-electron chi connectivity index (χ3n) is 5.70. The molecule has 0 saturated carbocycles. The van der Waals surface area contributed by atoms with Gasteiger partial charge in [0, 0.05) is 39.8 Å². The van der Waals surface area contributed by atoms with Crippen LogP contribution in [-0.4, -0.2) is 83.1 Å². The number of likely N-dealkylation sites (tertiary alicyclic amines) is 2. The Hall–Kier alpha value is -1.89. The Morgan fingerprint density at radius 2 is 2.04 bits per heavy atom. The van der Waals surface area contributed by atoms with E-state index >= 15 is 0 Å². The summed E-state index contributed by atoms with van der Waals surface area (Å²) in [4.78, 5) is 30.7. The number of amides is 2. The Balaban J connectivity index is 1.49. The zero-order chi connectivity index (χ0) is 18.0. The van der Waals surface area contributed by atoms with Crippen LogP contribution in [0.3, 0.4) is 0 Å². The predicted octanol–water partition coefficient (Wildman–Crippen LogP) is 0.365. The first-order chi connectivity index (χ1) is 11.9. The second-order valence-electron chi connectivity index (χ2n) is 7.82. The molecule has 2 amide bonds. The fourth-order valence-corrected chi connectivity index (χ4v) is 3.86. The number of piperidine rings is 1. The van der Waals surface area contributed by atoms with E-state index in [9.17, 15) is 9.59 Å². The molecule has 138 valence electrons. The summed E-state index contributed by atoms with van der Waals surface area (Å²) in [6.07, 6.45) is 7.28. The first-order valence-electron chi connectivity index (χ1n) is 9.05. The molecule has 7 nitrogen and oxygen atoms in total. The van der Waals surface area contributed by atoms with Crippen LogP contribution in [0.5, 0.6) is 0 Å². The summed E-state index contributed by atoms with van der Waals surface area (Å²) in [5, 5.41) is 4.14. The first kappa shape index (κ1) is 17.9. The van der Waals surface area contributed by atoms with Gasteiger partial charge in [-0.2, -0.15) is 5.10 Å². The van der Waals surface area contributed by atoms with Gasteiger partial charge in [0.05, 0.1) is 12.7 Å². The highest BCUT2D eigenvalue weighted by Crippen LogP contribution is 2.40. The van der Waals surface area contributed by atoms with Crippen LogP contribution in [0.25, 0.3) is 0 Å². The van der Waals surface area contributed by atoms with Gasteiger partial charge >= 0.3 is 0 Å². The molecule has 2 aliphatic rings. The molecule has 0 atom stereocenters. The normalized spacial score (nSPS) is 20.4. The summed E-state index contributed by atoms with van der Waals surface area (Å²) >= 11 is 0. The van der Waals surface area contributed by atoms with E-state index in [1.165, 1.54) is 0 Å². The monoisotopic (exact) mass is 347 g/mol. The van der Waals surface area contributed by atoms with Crippen LogP contribution in [0.4, 0.5) is 0 Å². The fraction of sp³-hybridized carbons (Fsp3) is 0.722. The van der Waals surface area contributed by atoms with Gasteiger partial charge in [0.1, 0.15) is 0 Å². The predicted molar refractivity (Wildman–Crippen MR) is 94.9 cm³/mol. The van der Waals surface area contributed by atoms with Crippen molar-refractivity contribution in [3.05, 3.63) is 18.0 Å². The molecule has 2 fully saturated rings.